The highest BCUT2D eigenvalue weighted by atomic mass is 32.2. The van der Waals surface area contributed by atoms with Gasteiger partial charge in [-0.1, -0.05) is 29.8 Å². The number of halogens is 3. The molecule has 2 aliphatic heterocycles. The number of alkyl halides is 3. The molecule has 3 heterocycles. The topological polar surface area (TPSA) is 49.0 Å². The van der Waals surface area contributed by atoms with Crippen LogP contribution in [0.5, 0.6) is 0 Å². The molecule has 0 unspecified atom stereocenters. The van der Waals surface area contributed by atoms with Crippen LogP contribution in [-0.2, 0) is 11.0 Å². The molecule has 1 saturated heterocycles. The molecular formula is C26H22F3N3O2S. The monoisotopic (exact) mass is 497 g/mol. The quantitative estimate of drug-likeness (QED) is 0.412. The van der Waals surface area contributed by atoms with Crippen molar-refractivity contribution in [2.45, 2.75) is 13.1 Å². The van der Waals surface area contributed by atoms with Crippen LogP contribution in [0.3, 0.4) is 0 Å². The van der Waals surface area contributed by atoms with Gasteiger partial charge in [0.15, 0.2) is 5.17 Å². The minimum absolute atomic E-state index is 0.298. The molecule has 1 fully saturated rings. The highest BCUT2D eigenvalue weighted by Gasteiger charge is 2.31. The number of furan rings is 1. The maximum absolute atomic E-state index is 13.0. The molecule has 35 heavy (non-hydrogen) atoms. The van der Waals surface area contributed by atoms with Crippen LogP contribution in [0.4, 0.5) is 18.9 Å². The SMILES string of the molecule is Cc1ccc(N2CCN(C3=NC(=O)C(=Cc4ccc(-c5cccc(C(F)(F)F)c5)o4)S3)CC2)cc1. The van der Waals surface area contributed by atoms with Gasteiger partial charge in [-0.15, -0.1) is 0 Å². The predicted molar refractivity (Wildman–Crippen MR) is 132 cm³/mol. The number of hydrogen-bond acceptors (Lipinski definition) is 5. The van der Waals surface area contributed by atoms with Gasteiger partial charge in [-0.2, -0.15) is 18.2 Å². The van der Waals surface area contributed by atoms with Gasteiger partial charge in [0.05, 0.1) is 10.5 Å². The average Bonchev–Trinajstić information content (AvgIpc) is 3.46. The molecule has 5 rings (SSSR count). The first-order valence-electron chi connectivity index (χ1n) is 11.1. The van der Waals surface area contributed by atoms with E-state index < -0.39 is 11.7 Å². The van der Waals surface area contributed by atoms with Crippen LogP contribution in [0.1, 0.15) is 16.9 Å². The first-order chi connectivity index (χ1) is 16.8. The summed E-state index contributed by atoms with van der Waals surface area (Å²) < 4.78 is 44.8. The molecule has 0 aliphatic carbocycles. The summed E-state index contributed by atoms with van der Waals surface area (Å²) in [5, 5.41) is 0.662. The molecule has 3 aromatic rings. The fourth-order valence-corrected chi connectivity index (χ4v) is 4.95. The van der Waals surface area contributed by atoms with E-state index in [2.05, 4.69) is 46.0 Å². The van der Waals surface area contributed by atoms with Crippen molar-refractivity contribution in [1.82, 2.24) is 4.90 Å². The number of benzene rings is 2. The summed E-state index contributed by atoms with van der Waals surface area (Å²) in [5.74, 6) is 0.337. The van der Waals surface area contributed by atoms with Crippen molar-refractivity contribution < 1.29 is 22.4 Å². The van der Waals surface area contributed by atoms with E-state index in [4.69, 9.17) is 4.42 Å². The van der Waals surface area contributed by atoms with Crippen molar-refractivity contribution in [2.24, 2.45) is 4.99 Å². The number of piperazine rings is 1. The van der Waals surface area contributed by atoms with Gasteiger partial charge in [-0.3, -0.25) is 4.79 Å². The lowest BCUT2D eigenvalue weighted by Crippen LogP contribution is -2.47. The number of amides is 1. The Morgan fingerprint density at radius 2 is 1.69 bits per heavy atom. The Morgan fingerprint density at radius 1 is 0.971 bits per heavy atom. The number of hydrogen-bond donors (Lipinski definition) is 0. The third-order valence-corrected chi connectivity index (χ3v) is 6.98. The van der Waals surface area contributed by atoms with Gasteiger partial charge in [0, 0.05) is 43.5 Å². The van der Waals surface area contributed by atoms with Crippen molar-refractivity contribution in [1.29, 1.82) is 0 Å². The van der Waals surface area contributed by atoms with E-state index in [-0.39, 0.29) is 5.91 Å². The Hall–Kier alpha value is -3.46. The summed E-state index contributed by atoms with van der Waals surface area (Å²) in [4.78, 5) is 21.6. The van der Waals surface area contributed by atoms with Crippen LogP contribution in [-0.4, -0.2) is 42.2 Å². The minimum atomic E-state index is -4.43. The van der Waals surface area contributed by atoms with Crippen molar-refractivity contribution >= 4 is 34.6 Å². The lowest BCUT2D eigenvalue weighted by Gasteiger charge is -2.36. The van der Waals surface area contributed by atoms with Crippen molar-refractivity contribution in [2.75, 3.05) is 31.1 Å². The van der Waals surface area contributed by atoms with Crippen molar-refractivity contribution in [3.05, 3.63) is 82.5 Å². The average molecular weight is 498 g/mol. The lowest BCUT2D eigenvalue weighted by atomic mass is 10.1. The van der Waals surface area contributed by atoms with E-state index in [0.717, 1.165) is 38.3 Å². The Kier molecular flexibility index (Phi) is 6.19. The van der Waals surface area contributed by atoms with Crippen LogP contribution in [0.2, 0.25) is 0 Å². The fourth-order valence-electron chi connectivity index (χ4n) is 4.01. The largest absolute Gasteiger partial charge is 0.457 e. The van der Waals surface area contributed by atoms with Crippen molar-refractivity contribution in [3.63, 3.8) is 0 Å². The van der Waals surface area contributed by atoms with E-state index >= 15 is 0 Å². The van der Waals surface area contributed by atoms with Crippen molar-refractivity contribution in [3.8, 4) is 11.3 Å². The number of anilines is 1. The number of thioether (sulfide) groups is 1. The Balaban J connectivity index is 1.24. The van der Waals surface area contributed by atoms with Gasteiger partial charge in [-0.05, 0) is 55.1 Å². The van der Waals surface area contributed by atoms with E-state index in [1.807, 2.05) is 0 Å². The summed E-state index contributed by atoms with van der Waals surface area (Å²) in [6.45, 7) is 5.22. The molecule has 5 nitrogen and oxygen atoms in total. The van der Waals surface area contributed by atoms with Gasteiger partial charge in [-0.25, -0.2) is 0 Å². The Bertz CT molecular complexity index is 1300. The molecule has 9 heteroatoms. The van der Waals surface area contributed by atoms with E-state index in [0.29, 0.717) is 27.2 Å². The molecule has 0 spiro atoms. The summed E-state index contributed by atoms with van der Waals surface area (Å²) in [5.41, 5.74) is 1.98. The number of aliphatic imine (C=N–C) groups is 1. The minimum Gasteiger partial charge on any atom is -0.457 e. The van der Waals surface area contributed by atoms with Gasteiger partial charge in [0.2, 0.25) is 0 Å². The van der Waals surface area contributed by atoms with Crippen LogP contribution in [0.15, 0.2) is 75.0 Å². The molecule has 2 aromatic carbocycles. The summed E-state index contributed by atoms with van der Waals surface area (Å²) in [7, 11) is 0. The van der Waals surface area contributed by atoms with Crippen LogP contribution < -0.4 is 4.90 Å². The summed E-state index contributed by atoms with van der Waals surface area (Å²) >= 11 is 1.29. The first kappa shape index (κ1) is 23.3. The van der Waals surface area contributed by atoms with Gasteiger partial charge in [0.1, 0.15) is 11.5 Å². The van der Waals surface area contributed by atoms with Gasteiger partial charge < -0.3 is 14.2 Å². The fraction of sp³-hybridized carbons (Fsp3) is 0.231. The van der Waals surface area contributed by atoms with E-state index in [1.165, 1.54) is 29.1 Å². The zero-order valence-electron chi connectivity index (χ0n) is 18.9. The number of carbonyl (C=O) groups is 1. The summed E-state index contributed by atoms with van der Waals surface area (Å²) in [6.07, 6.45) is -2.84. The summed E-state index contributed by atoms with van der Waals surface area (Å²) in [6, 6.07) is 16.6. The molecule has 1 amide bonds. The van der Waals surface area contributed by atoms with Crippen LogP contribution >= 0.6 is 11.8 Å². The number of amidine groups is 1. The predicted octanol–water partition coefficient (Wildman–Crippen LogP) is 6.07. The molecule has 0 radical (unpaired) electrons. The molecule has 0 atom stereocenters. The molecule has 0 N–H and O–H groups in total. The molecular weight excluding hydrogens is 475 g/mol. The zero-order valence-corrected chi connectivity index (χ0v) is 19.7. The molecule has 0 saturated carbocycles. The standard InChI is InChI=1S/C26H22F3N3O2S/c1-17-5-7-20(8-6-17)31-11-13-32(14-12-31)25-30-24(33)23(35-25)16-21-9-10-22(34-21)18-3-2-4-19(15-18)26(27,28)29/h2-10,15-16H,11-14H2,1H3. The van der Waals surface area contributed by atoms with Crippen LogP contribution in [0, 0.1) is 6.92 Å². The highest BCUT2D eigenvalue weighted by Crippen LogP contribution is 2.34. The molecule has 1 aromatic heterocycles. The Labute approximate surface area is 204 Å². The molecule has 2 aliphatic rings. The van der Waals surface area contributed by atoms with E-state index in [9.17, 15) is 18.0 Å². The molecule has 180 valence electrons. The highest BCUT2D eigenvalue weighted by molar-refractivity contribution is 8.18. The second-order valence-corrected chi connectivity index (χ2v) is 9.41. The van der Waals surface area contributed by atoms with Crippen LogP contribution in [0.25, 0.3) is 17.4 Å². The van der Waals surface area contributed by atoms with Gasteiger partial charge >= 0.3 is 6.18 Å². The lowest BCUT2D eigenvalue weighted by molar-refractivity contribution is -0.137. The smallest absolute Gasteiger partial charge is 0.416 e. The maximum Gasteiger partial charge on any atom is 0.416 e. The number of nitrogens with zero attached hydrogens (tertiary/aromatic N) is 3. The normalized spacial score (nSPS) is 17.9. The van der Waals surface area contributed by atoms with Gasteiger partial charge in [0.25, 0.3) is 5.91 Å². The third kappa shape index (κ3) is 5.14. The molecule has 0 bridgehead atoms. The second-order valence-electron chi connectivity index (χ2n) is 8.40. The maximum atomic E-state index is 13.0. The third-order valence-electron chi connectivity index (χ3n) is 5.93. The number of rotatable bonds is 3. The number of aryl methyl sites for hydroxylation is 1. The number of carbonyl (C=O) groups excluding carboxylic acids is 1. The van der Waals surface area contributed by atoms with E-state index in [1.54, 1.807) is 24.3 Å². The zero-order chi connectivity index (χ0) is 24.6. The second kappa shape index (κ2) is 9.30. The first-order valence-corrected chi connectivity index (χ1v) is 11.9. The Morgan fingerprint density at radius 3 is 2.40 bits per heavy atom.